The maximum Gasteiger partial charge on any atom is 0.389 e. The molecule has 1 spiro atoms. The van der Waals surface area contributed by atoms with Crippen LogP contribution in [0.15, 0.2) is 54.6 Å². The summed E-state index contributed by atoms with van der Waals surface area (Å²) in [4.78, 5) is 70.4. The van der Waals surface area contributed by atoms with Gasteiger partial charge in [0, 0.05) is 41.2 Å². The van der Waals surface area contributed by atoms with E-state index in [1.54, 1.807) is 11.9 Å². The van der Waals surface area contributed by atoms with E-state index in [1.807, 2.05) is 33.1 Å². The van der Waals surface area contributed by atoms with Gasteiger partial charge in [-0.3, -0.25) is 23.7 Å². The molecule has 12 nitrogen and oxygen atoms in total. The highest BCUT2D eigenvalue weighted by Gasteiger charge is 2.58. The molecule has 4 N–H and O–H groups in total. The van der Waals surface area contributed by atoms with E-state index >= 15 is 4.39 Å². The Kier molecular flexibility index (Phi) is 12.4. The number of amides is 3. The van der Waals surface area contributed by atoms with Crippen molar-refractivity contribution in [2.75, 3.05) is 20.1 Å². The average Bonchev–Trinajstić information content (AvgIpc) is 3.48. The van der Waals surface area contributed by atoms with Crippen LogP contribution in [0.25, 0.3) is 10.1 Å². The molecule has 320 valence electrons. The highest BCUT2D eigenvalue weighted by Crippen LogP contribution is 2.55. The maximum atomic E-state index is 15.3. The molecule has 3 amide bonds. The summed E-state index contributed by atoms with van der Waals surface area (Å²) >= 11 is 1.06. The van der Waals surface area contributed by atoms with E-state index in [0.29, 0.717) is 42.3 Å². The number of carboxylic acid groups (broad SMARTS) is 1. The minimum absolute atomic E-state index is 0.0880. The monoisotopic (exact) mass is 863 g/mol. The first-order chi connectivity index (χ1) is 27.9. The van der Waals surface area contributed by atoms with Crippen molar-refractivity contribution in [1.82, 2.24) is 25.1 Å². The van der Waals surface area contributed by atoms with Crippen LogP contribution in [0.3, 0.4) is 0 Å². The number of rotatable bonds is 13. The fourth-order valence-electron chi connectivity index (χ4n) is 9.30. The Bertz CT molecular complexity index is 2120. The highest BCUT2D eigenvalue weighted by molar-refractivity contribution is 7.56. The average molecular weight is 864 g/mol. The van der Waals surface area contributed by atoms with Crippen molar-refractivity contribution in [3.05, 3.63) is 70.6 Å². The van der Waals surface area contributed by atoms with Crippen LogP contribution in [-0.2, 0) is 18.9 Å². The van der Waals surface area contributed by atoms with Gasteiger partial charge in [-0.2, -0.15) is 13.2 Å². The van der Waals surface area contributed by atoms with E-state index in [2.05, 4.69) is 17.4 Å². The Labute approximate surface area is 343 Å². The van der Waals surface area contributed by atoms with Crippen LogP contribution < -0.4 is 10.4 Å². The topological polar surface area (TPSA) is 160 Å². The van der Waals surface area contributed by atoms with Crippen LogP contribution in [0.1, 0.15) is 104 Å². The Morgan fingerprint density at radius 1 is 1.07 bits per heavy atom. The van der Waals surface area contributed by atoms with Crippen molar-refractivity contribution in [1.29, 1.82) is 0 Å². The fourth-order valence-corrected chi connectivity index (χ4v) is 11.6. The third-order valence-electron chi connectivity index (χ3n) is 12.6. The number of carbonyl (C=O) groups is 4. The molecule has 8 atom stereocenters. The fraction of sp³-hybridized carbons (Fsp3) is 0.561. The highest BCUT2D eigenvalue weighted by atomic mass is 32.1. The first-order valence-corrected chi connectivity index (χ1v) is 22.7. The lowest BCUT2D eigenvalue weighted by Gasteiger charge is -2.41. The zero-order valence-corrected chi connectivity index (χ0v) is 34.6. The van der Waals surface area contributed by atoms with Crippen LogP contribution in [0.5, 0.6) is 0 Å². The third kappa shape index (κ3) is 9.39. The summed E-state index contributed by atoms with van der Waals surface area (Å²) in [7, 11) is -3.04. The summed E-state index contributed by atoms with van der Waals surface area (Å²) in [5.41, 5.74) is 0.717. The minimum Gasteiger partial charge on any atom is -0.480 e. The molecule has 18 heteroatoms. The molecular weight excluding hydrogens is 814 g/mol. The van der Waals surface area contributed by atoms with Crippen LogP contribution in [0.4, 0.5) is 17.6 Å². The Hall–Kier alpha value is -3.89. The zero-order chi connectivity index (χ0) is 42.4. The number of hydrogen-bond donors (Lipinski definition) is 4. The molecule has 1 saturated carbocycles. The minimum atomic E-state index is -4.82. The van der Waals surface area contributed by atoms with E-state index in [9.17, 15) is 41.8 Å². The smallest absolute Gasteiger partial charge is 0.389 e. The van der Waals surface area contributed by atoms with Gasteiger partial charge in [0.25, 0.3) is 5.91 Å². The second-order valence-corrected chi connectivity index (χ2v) is 19.8. The van der Waals surface area contributed by atoms with E-state index in [4.69, 9.17) is 5.11 Å². The number of alkyl halides is 4. The second-order valence-electron chi connectivity index (χ2n) is 16.7. The zero-order valence-electron chi connectivity index (χ0n) is 32.9. The Morgan fingerprint density at radius 2 is 1.80 bits per heavy atom. The number of hydrogen-bond acceptors (Lipinski definition) is 7. The summed E-state index contributed by atoms with van der Waals surface area (Å²) in [5, 5.41) is 14.3. The van der Waals surface area contributed by atoms with Crippen LogP contribution >= 0.6 is 18.9 Å². The molecule has 3 aromatic rings. The number of nitrogens with one attached hydrogen (secondary N) is 2. The van der Waals surface area contributed by atoms with Gasteiger partial charge in [0.1, 0.15) is 18.1 Å². The molecule has 1 aliphatic carbocycles. The molecule has 3 saturated heterocycles. The lowest BCUT2D eigenvalue weighted by Crippen LogP contribution is -2.59. The summed E-state index contributed by atoms with van der Waals surface area (Å²) in [6.45, 7) is 1.84. The van der Waals surface area contributed by atoms with E-state index in [-0.39, 0.29) is 65.2 Å². The molecular formula is C41H50F4N5O7PS. The Balaban J connectivity index is 1.12. The van der Waals surface area contributed by atoms with Crippen molar-refractivity contribution in [2.24, 2.45) is 0 Å². The normalized spacial score (nSPS) is 26.3. The van der Waals surface area contributed by atoms with Crippen molar-refractivity contribution in [3.8, 4) is 0 Å². The standard InChI is InChI=1S/C41H50F4N5O7PS/c1-24(39(54)55)47-58(56,57)35(42)26-9-14-33-27(19-26)20-34(59-33)36(51)46-31-12-10-29(48(2)18-6-15-41(43,44)45)21-30-11-13-32(50(30)37(31)52)38(53)49-23-28(22-40(49)16-17-40)25-7-4-3-5-8-25/h3-5,7-9,14,19-20,24,28-32,35H,6,10-13,15-18,21-23H2,1-2H3,(H,46,51)(H,54,55)(H2,47,56,57)/t24-,28+,29-,30+,31-,32-,35-/m0/s1. The summed E-state index contributed by atoms with van der Waals surface area (Å²) in [6, 6.07) is 11.8. The maximum absolute atomic E-state index is 15.3. The van der Waals surface area contributed by atoms with E-state index < -0.39 is 56.0 Å². The van der Waals surface area contributed by atoms with Gasteiger partial charge in [-0.25, -0.2) is 9.48 Å². The number of nitrogens with zero attached hydrogens (tertiary/aromatic N) is 3. The van der Waals surface area contributed by atoms with Crippen molar-refractivity contribution >= 4 is 52.6 Å². The summed E-state index contributed by atoms with van der Waals surface area (Å²) in [5.74, 6) is -4.80. The lowest BCUT2D eigenvalue weighted by atomic mass is 9.93. The van der Waals surface area contributed by atoms with Crippen molar-refractivity contribution in [2.45, 2.75) is 125 Å². The quantitative estimate of drug-likeness (QED) is 0.105. The lowest BCUT2D eigenvalue weighted by molar-refractivity contribution is -0.148. The number of thiophene rings is 1. The predicted octanol–water partition coefficient (Wildman–Crippen LogP) is 6.95. The molecule has 3 aliphatic heterocycles. The van der Waals surface area contributed by atoms with Gasteiger partial charge in [-0.1, -0.05) is 36.4 Å². The van der Waals surface area contributed by atoms with Gasteiger partial charge >= 0.3 is 19.7 Å². The van der Waals surface area contributed by atoms with Crippen LogP contribution in [-0.4, -0.2) is 110 Å². The number of carbonyl (C=O) groups excluding carboxylic acids is 3. The molecule has 4 heterocycles. The first kappa shape index (κ1) is 43.2. The molecule has 1 aromatic heterocycles. The van der Waals surface area contributed by atoms with Crippen LogP contribution in [0, 0.1) is 0 Å². The number of fused-ring (bicyclic) bond motifs is 2. The number of carboxylic acids is 1. The summed E-state index contributed by atoms with van der Waals surface area (Å²) < 4.78 is 67.8. The second kappa shape index (κ2) is 16.9. The van der Waals surface area contributed by atoms with Gasteiger partial charge < -0.3 is 30.0 Å². The molecule has 4 fully saturated rings. The number of aliphatic carboxylic acids is 1. The number of benzene rings is 2. The molecule has 1 unspecified atom stereocenters. The van der Waals surface area contributed by atoms with Gasteiger partial charge in [0.15, 0.2) is 0 Å². The number of likely N-dealkylation sites (tertiary alicyclic amines) is 1. The molecule has 0 bridgehead atoms. The molecule has 2 aromatic carbocycles. The summed E-state index contributed by atoms with van der Waals surface area (Å²) in [6.07, 6.45) is -0.619. The van der Waals surface area contributed by atoms with Crippen LogP contribution in [0.2, 0.25) is 0 Å². The van der Waals surface area contributed by atoms with Gasteiger partial charge in [-0.15, -0.1) is 11.3 Å². The predicted molar refractivity (Wildman–Crippen MR) is 214 cm³/mol. The SMILES string of the molecule is C[C@H](NP(=O)(O)[C@H](F)c1ccc2sc(C(=O)N[C@H]3CC[C@H](N(C)CCCC(F)(F)F)C[C@H]4CC[C@@H](C(=O)N5C[C@H](c6ccccc6)CC56CC6)N4C3=O)cc2c1)C(=O)O. The third-order valence-corrected chi connectivity index (χ3v) is 15.4. The van der Waals surface area contributed by atoms with Gasteiger partial charge in [0.05, 0.1) is 4.88 Å². The molecule has 4 aliphatic rings. The first-order valence-electron chi connectivity index (χ1n) is 20.1. The molecule has 7 rings (SSSR count). The van der Waals surface area contributed by atoms with Gasteiger partial charge in [0.2, 0.25) is 17.7 Å². The number of halogens is 4. The van der Waals surface area contributed by atoms with E-state index in [1.165, 1.54) is 24.3 Å². The van der Waals surface area contributed by atoms with Gasteiger partial charge in [-0.05, 0) is 113 Å². The molecule has 0 radical (unpaired) electrons. The Morgan fingerprint density at radius 3 is 2.47 bits per heavy atom. The van der Waals surface area contributed by atoms with Crippen molar-refractivity contribution in [3.63, 3.8) is 0 Å². The van der Waals surface area contributed by atoms with Crippen molar-refractivity contribution < 1.29 is 51.3 Å². The van der Waals surface area contributed by atoms with E-state index in [0.717, 1.165) is 43.1 Å². The molecule has 59 heavy (non-hydrogen) atoms. The largest absolute Gasteiger partial charge is 0.480 e.